The fourth-order valence-electron chi connectivity index (χ4n) is 4.37. The van der Waals surface area contributed by atoms with E-state index in [0.717, 1.165) is 25.6 Å². The SMILES string of the molecule is C[C@@H]1C[C@H](C)CN(c2nc3c(c(=O)[nH]2)[C@@H](C(=O)Nc2ccc(F)c(Cl)c2)CC(=O)N3)C1. The summed E-state index contributed by atoms with van der Waals surface area (Å²) < 4.78 is 13.4. The molecule has 8 nitrogen and oxygen atoms in total. The van der Waals surface area contributed by atoms with Crippen LogP contribution in [0.3, 0.4) is 0 Å². The number of amides is 2. The van der Waals surface area contributed by atoms with Gasteiger partial charge in [0.1, 0.15) is 11.6 Å². The lowest BCUT2D eigenvalue weighted by Gasteiger charge is -2.35. The van der Waals surface area contributed by atoms with E-state index in [4.69, 9.17) is 11.6 Å². The number of benzene rings is 1. The van der Waals surface area contributed by atoms with Crippen molar-refractivity contribution in [2.75, 3.05) is 28.6 Å². The molecular formula is C21H23ClFN5O3. The van der Waals surface area contributed by atoms with Crippen LogP contribution in [0.1, 0.15) is 38.2 Å². The van der Waals surface area contributed by atoms with Crippen molar-refractivity contribution >= 4 is 40.9 Å². The number of rotatable bonds is 3. The summed E-state index contributed by atoms with van der Waals surface area (Å²) in [5.41, 5.74) is -0.100. The third kappa shape index (κ3) is 4.41. The number of nitrogens with zero attached hydrogens (tertiary/aromatic N) is 2. The van der Waals surface area contributed by atoms with E-state index in [1.165, 1.54) is 12.1 Å². The van der Waals surface area contributed by atoms with Crippen LogP contribution in [0.25, 0.3) is 0 Å². The zero-order chi connectivity index (χ0) is 22.3. The van der Waals surface area contributed by atoms with Gasteiger partial charge in [-0.3, -0.25) is 19.4 Å². The highest BCUT2D eigenvalue weighted by atomic mass is 35.5. The second kappa shape index (κ2) is 8.30. The summed E-state index contributed by atoms with van der Waals surface area (Å²) in [6.07, 6.45) is 0.897. The molecule has 0 bridgehead atoms. The monoisotopic (exact) mass is 447 g/mol. The highest BCUT2D eigenvalue weighted by molar-refractivity contribution is 6.31. The quantitative estimate of drug-likeness (QED) is 0.670. The van der Waals surface area contributed by atoms with Gasteiger partial charge in [-0.25, -0.2) is 4.39 Å². The first kappa shape index (κ1) is 21.3. The zero-order valence-electron chi connectivity index (χ0n) is 17.2. The predicted molar refractivity (Wildman–Crippen MR) is 116 cm³/mol. The number of nitrogens with one attached hydrogen (secondary N) is 3. The van der Waals surface area contributed by atoms with Crippen LogP contribution in [0.15, 0.2) is 23.0 Å². The summed E-state index contributed by atoms with van der Waals surface area (Å²) in [5.74, 6) is -1.25. The van der Waals surface area contributed by atoms with E-state index >= 15 is 0 Å². The average Bonchev–Trinajstić information content (AvgIpc) is 2.69. The summed E-state index contributed by atoms with van der Waals surface area (Å²) in [5, 5.41) is 5.07. The van der Waals surface area contributed by atoms with Crippen molar-refractivity contribution in [1.29, 1.82) is 0 Å². The molecule has 2 aliphatic heterocycles. The van der Waals surface area contributed by atoms with E-state index in [-0.39, 0.29) is 28.5 Å². The van der Waals surface area contributed by atoms with Crippen molar-refractivity contribution in [2.24, 2.45) is 11.8 Å². The fraction of sp³-hybridized carbons (Fsp3) is 0.429. The molecule has 2 amide bonds. The fourth-order valence-corrected chi connectivity index (χ4v) is 4.55. The molecule has 0 spiro atoms. The third-order valence-electron chi connectivity index (χ3n) is 5.61. The van der Waals surface area contributed by atoms with Gasteiger partial charge in [0, 0.05) is 25.2 Å². The average molecular weight is 448 g/mol. The third-order valence-corrected chi connectivity index (χ3v) is 5.90. The molecule has 0 saturated carbocycles. The van der Waals surface area contributed by atoms with Gasteiger partial charge in [-0.2, -0.15) is 4.98 Å². The molecule has 0 unspecified atom stereocenters. The van der Waals surface area contributed by atoms with Crippen LogP contribution in [0.5, 0.6) is 0 Å². The van der Waals surface area contributed by atoms with E-state index in [9.17, 15) is 18.8 Å². The molecule has 1 aromatic carbocycles. The Hall–Kier alpha value is -2.94. The van der Waals surface area contributed by atoms with Crippen molar-refractivity contribution in [3.63, 3.8) is 0 Å². The molecule has 3 N–H and O–H groups in total. The number of carbonyl (C=O) groups is 2. The number of fused-ring (bicyclic) bond motifs is 1. The number of carbonyl (C=O) groups excluding carboxylic acids is 2. The Morgan fingerprint density at radius 3 is 2.65 bits per heavy atom. The molecule has 3 heterocycles. The van der Waals surface area contributed by atoms with E-state index in [2.05, 4.69) is 34.4 Å². The van der Waals surface area contributed by atoms with Gasteiger partial charge in [0.05, 0.1) is 16.5 Å². The summed E-state index contributed by atoms with van der Waals surface area (Å²) in [6.45, 7) is 5.77. The first-order valence-electron chi connectivity index (χ1n) is 10.2. The Morgan fingerprint density at radius 1 is 1.26 bits per heavy atom. The Kier molecular flexibility index (Phi) is 5.70. The van der Waals surface area contributed by atoms with Crippen molar-refractivity contribution in [1.82, 2.24) is 9.97 Å². The zero-order valence-corrected chi connectivity index (χ0v) is 17.9. The van der Waals surface area contributed by atoms with Crippen LogP contribution in [0.4, 0.5) is 21.8 Å². The minimum absolute atomic E-state index is 0.0955. The molecule has 31 heavy (non-hydrogen) atoms. The largest absolute Gasteiger partial charge is 0.342 e. The molecule has 3 atom stereocenters. The van der Waals surface area contributed by atoms with Gasteiger partial charge in [-0.15, -0.1) is 0 Å². The number of aromatic amines is 1. The maximum absolute atomic E-state index is 13.4. The Labute approximate surface area is 183 Å². The number of anilines is 3. The van der Waals surface area contributed by atoms with Gasteiger partial charge in [0.15, 0.2) is 0 Å². The highest BCUT2D eigenvalue weighted by Gasteiger charge is 2.35. The van der Waals surface area contributed by atoms with Crippen molar-refractivity contribution in [3.8, 4) is 0 Å². The van der Waals surface area contributed by atoms with Gasteiger partial charge < -0.3 is 15.5 Å². The lowest BCUT2D eigenvalue weighted by Crippen LogP contribution is -2.42. The molecule has 0 radical (unpaired) electrons. The minimum Gasteiger partial charge on any atom is -0.342 e. The molecule has 2 aliphatic rings. The lowest BCUT2D eigenvalue weighted by molar-refractivity contribution is -0.123. The summed E-state index contributed by atoms with van der Waals surface area (Å²) in [4.78, 5) is 47.3. The van der Waals surface area contributed by atoms with Crippen LogP contribution in [-0.4, -0.2) is 34.9 Å². The van der Waals surface area contributed by atoms with E-state index < -0.39 is 29.1 Å². The molecule has 4 rings (SSSR count). The molecule has 0 aliphatic carbocycles. The number of hydrogen-bond acceptors (Lipinski definition) is 5. The van der Waals surface area contributed by atoms with Gasteiger partial charge in [0.2, 0.25) is 17.8 Å². The molecular weight excluding hydrogens is 425 g/mol. The van der Waals surface area contributed by atoms with Crippen LogP contribution >= 0.6 is 11.6 Å². The predicted octanol–water partition coefficient (Wildman–Crippen LogP) is 3.11. The number of piperidine rings is 1. The van der Waals surface area contributed by atoms with E-state index in [1.807, 2.05) is 4.90 Å². The number of hydrogen-bond donors (Lipinski definition) is 3. The molecule has 1 aromatic heterocycles. The van der Waals surface area contributed by atoms with Gasteiger partial charge in [0.25, 0.3) is 5.56 Å². The minimum atomic E-state index is -1.03. The maximum atomic E-state index is 13.4. The summed E-state index contributed by atoms with van der Waals surface area (Å²) in [7, 11) is 0. The smallest absolute Gasteiger partial charge is 0.258 e. The lowest BCUT2D eigenvalue weighted by atomic mass is 9.91. The van der Waals surface area contributed by atoms with Crippen LogP contribution in [0, 0.1) is 17.7 Å². The highest BCUT2D eigenvalue weighted by Crippen LogP contribution is 2.32. The Balaban J connectivity index is 1.64. The molecule has 10 heteroatoms. The second-order valence-electron chi connectivity index (χ2n) is 8.43. The normalized spacial score (nSPS) is 23.2. The maximum Gasteiger partial charge on any atom is 0.258 e. The Morgan fingerprint density at radius 2 is 1.97 bits per heavy atom. The van der Waals surface area contributed by atoms with E-state index in [0.29, 0.717) is 17.8 Å². The van der Waals surface area contributed by atoms with Crippen LogP contribution in [-0.2, 0) is 9.59 Å². The van der Waals surface area contributed by atoms with Crippen molar-refractivity contribution < 1.29 is 14.0 Å². The Bertz CT molecular complexity index is 1090. The standard InChI is InChI=1S/C21H23ClFN5O3/c1-10-5-11(2)9-28(8-10)21-26-18-17(20(31)27-21)13(7-16(29)25-18)19(30)24-12-3-4-15(23)14(22)6-12/h3-4,6,10-11,13H,5,7-9H2,1-2H3,(H,24,30)(H2,25,26,27,29,31)/t10-,11+,13-/m0/s1. The van der Waals surface area contributed by atoms with E-state index in [1.54, 1.807) is 0 Å². The first-order valence-corrected chi connectivity index (χ1v) is 10.5. The van der Waals surface area contributed by atoms with Crippen LogP contribution in [0.2, 0.25) is 5.02 Å². The van der Waals surface area contributed by atoms with Gasteiger partial charge in [-0.1, -0.05) is 25.4 Å². The molecule has 1 saturated heterocycles. The van der Waals surface area contributed by atoms with Gasteiger partial charge >= 0.3 is 0 Å². The van der Waals surface area contributed by atoms with Crippen molar-refractivity contribution in [2.45, 2.75) is 32.6 Å². The molecule has 164 valence electrons. The van der Waals surface area contributed by atoms with Crippen LogP contribution < -0.4 is 21.1 Å². The second-order valence-corrected chi connectivity index (χ2v) is 8.83. The molecule has 2 aromatic rings. The topological polar surface area (TPSA) is 107 Å². The molecule has 1 fully saturated rings. The number of halogens is 2. The summed E-state index contributed by atoms with van der Waals surface area (Å²) in [6, 6.07) is 3.75. The van der Waals surface area contributed by atoms with Crippen molar-refractivity contribution in [3.05, 3.63) is 45.0 Å². The first-order chi connectivity index (χ1) is 14.7. The number of aromatic nitrogens is 2. The number of H-pyrrole nitrogens is 1. The van der Waals surface area contributed by atoms with Gasteiger partial charge in [-0.05, 0) is 36.5 Å². The summed E-state index contributed by atoms with van der Waals surface area (Å²) >= 11 is 5.76.